The molecule has 1 aliphatic heterocycles. The predicted octanol–water partition coefficient (Wildman–Crippen LogP) is 6.21. The van der Waals surface area contributed by atoms with E-state index in [4.69, 9.17) is 5.73 Å². The van der Waals surface area contributed by atoms with Crippen LogP contribution in [0.3, 0.4) is 0 Å². The molecule has 4 aromatic rings. The van der Waals surface area contributed by atoms with E-state index in [-0.39, 0.29) is 41.0 Å². The fourth-order valence-electron chi connectivity index (χ4n) is 5.11. The van der Waals surface area contributed by atoms with Gasteiger partial charge < -0.3 is 5.73 Å². The number of primary amides is 1. The number of ketones is 1. The molecule has 0 saturated carbocycles. The average molecular weight is 605 g/mol. The zero-order valence-electron chi connectivity index (χ0n) is 21.7. The molecule has 2 N–H and O–H groups in total. The lowest BCUT2D eigenvalue weighted by atomic mass is 9.86. The summed E-state index contributed by atoms with van der Waals surface area (Å²) in [6.07, 6.45) is -3.56. The highest BCUT2D eigenvalue weighted by Crippen LogP contribution is 2.40. The molecule has 3 heterocycles. The fourth-order valence-corrected chi connectivity index (χ4v) is 6.24. The van der Waals surface area contributed by atoms with Gasteiger partial charge in [-0.3, -0.25) is 19.3 Å². The minimum Gasteiger partial charge on any atom is -0.366 e. The standard InChI is InChI=1S/C29H22F6N4O2S/c30-18-7-15(8-19(31)11-18)6-17(9-20(40)12-39-25-14-42-13-23(25)27(38-39)29(33,34)35)26-21(2-1-5-37-26)16-3-4-24(32)22(10-16)28(36)41/h1-5,7-8,10-11,17H,6,9,12-14H2,(H2,36,41)/t17-/m1/s1. The van der Waals surface area contributed by atoms with Crippen LogP contribution in [0.25, 0.3) is 11.1 Å². The number of carbonyl (C=O) groups excluding carboxylic acids is 2. The Morgan fingerprint density at radius 1 is 1.02 bits per heavy atom. The largest absolute Gasteiger partial charge is 0.435 e. The van der Waals surface area contributed by atoms with Crippen molar-refractivity contribution in [1.29, 1.82) is 0 Å². The maximum atomic E-state index is 14.2. The number of hydrogen-bond acceptors (Lipinski definition) is 5. The molecule has 0 radical (unpaired) electrons. The monoisotopic (exact) mass is 604 g/mol. The van der Waals surface area contributed by atoms with Crippen LogP contribution in [0.4, 0.5) is 26.3 Å². The molecule has 0 saturated heterocycles. The van der Waals surface area contributed by atoms with Crippen molar-refractivity contribution < 1.29 is 35.9 Å². The van der Waals surface area contributed by atoms with Crippen LogP contribution in [-0.4, -0.2) is 26.5 Å². The number of fused-ring (bicyclic) bond motifs is 1. The summed E-state index contributed by atoms with van der Waals surface area (Å²) in [7, 11) is 0. The first-order chi connectivity index (χ1) is 19.9. The van der Waals surface area contributed by atoms with Crippen LogP contribution in [0.5, 0.6) is 0 Å². The van der Waals surface area contributed by atoms with E-state index in [9.17, 15) is 35.9 Å². The summed E-state index contributed by atoms with van der Waals surface area (Å²) in [5.41, 5.74) is 5.58. The van der Waals surface area contributed by atoms with Crippen LogP contribution in [-0.2, 0) is 35.4 Å². The maximum Gasteiger partial charge on any atom is 0.435 e. The van der Waals surface area contributed by atoms with E-state index in [2.05, 4.69) is 10.1 Å². The molecule has 0 unspecified atom stereocenters. The van der Waals surface area contributed by atoms with Gasteiger partial charge >= 0.3 is 6.18 Å². The van der Waals surface area contributed by atoms with Crippen LogP contribution in [0.2, 0.25) is 0 Å². The van der Waals surface area contributed by atoms with Gasteiger partial charge in [0.15, 0.2) is 11.5 Å². The van der Waals surface area contributed by atoms with Gasteiger partial charge in [0.25, 0.3) is 5.91 Å². The van der Waals surface area contributed by atoms with E-state index in [1.54, 1.807) is 12.1 Å². The summed E-state index contributed by atoms with van der Waals surface area (Å²) in [6.45, 7) is -0.447. The molecule has 0 spiro atoms. The van der Waals surface area contributed by atoms with Gasteiger partial charge in [0, 0.05) is 47.2 Å². The number of pyridine rings is 1. The first kappa shape index (κ1) is 29.4. The summed E-state index contributed by atoms with van der Waals surface area (Å²) in [5.74, 6) is -4.37. The number of carbonyl (C=O) groups is 2. The SMILES string of the molecule is NC(=O)c1cc(-c2cccnc2[C@@H](CC(=O)Cn2nc(C(F)(F)F)c3c2CSC3)Cc2cc(F)cc(F)c2)ccc1F. The lowest BCUT2D eigenvalue weighted by Crippen LogP contribution is -2.19. The number of nitrogens with two attached hydrogens (primary N) is 1. The van der Waals surface area contributed by atoms with Gasteiger partial charge in [-0.05, 0) is 47.9 Å². The highest BCUT2D eigenvalue weighted by atomic mass is 32.2. The Balaban J connectivity index is 1.52. The molecule has 218 valence electrons. The zero-order chi connectivity index (χ0) is 30.2. The number of benzene rings is 2. The van der Waals surface area contributed by atoms with E-state index in [0.29, 0.717) is 28.6 Å². The van der Waals surface area contributed by atoms with Crippen LogP contribution >= 0.6 is 11.8 Å². The van der Waals surface area contributed by atoms with E-state index in [1.165, 1.54) is 30.1 Å². The Kier molecular flexibility index (Phi) is 8.13. The molecular weight excluding hydrogens is 582 g/mol. The molecule has 0 aliphatic carbocycles. The molecule has 5 rings (SSSR count). The van der Waals surface area contributed by atoms with Crippen molar-refractivity contribution >= 4 is 23.5 Å². The highest BCUT2D eigenvalue weighted by molar-refractivity contribution is 7.98. The number of halogens is 6. The lowest BCUT2D eigenvalue weighted by Gasteiger charge is -2.20. The van der Waals surface area contributed by atoms with Crippen molar-refractivity contribution in [1.82, 2.24) is 14.8 Å². The van der Waals surface area contributed by atoms with Gasteiger partial charge in [-0.15, -0.1) is 0 Å². The fraction of sp³-hybridized carbons (Fsp3) is 0.241. The molecular formula is C29H22F6N4O2S. The third-order valence-corrected chi connectivity index (χ3v) is 7.86. The van der Waals surface area contributed by atoms with E-state index < -0.39 is 53.5 Å². The van der Waals surface area contributed by atoms with Gasteiger partial charge in [0.2, 0.25) is 0 Å². The van der Waals surface area contributed by atoms with Gasteiger partial charge in [0.1, 0.15) is 17.5 Å². The summed E-state index contributed by atoms with van der Waals surface area (Å²) >= 11 is 1.29. The van der Waals surface area contributed by atoms with Crippen LogP contribution in [0.15, 0.2) is 54.7 Å². The van der Waals surface area contributed by atoms with Crippen molar-refractivity contribution in [2.45, 2.75) is 43.0 Å². The minimum absolute atomic E-state index is 0.0562. The maximum absolute atomic E-state index is 14.2. The molecule has 1 atom stereocenters. The number of aromatic nitrogens is 3. The summed E-state index contributed by atoms with van der Waals surface area (Å²) in [5, 5.41) is 3.69. The van der Waals surface area contributed by atoms with Crippen LogP contribution < -0.4 is 5.73 Å². The molecule has 6 nitrogen and oxygen atoms in total. The molecule has 0 fully saturated rings. The van der Waals surface area contributed by atoms with Gasteiger partial charge in [-0.2, -0.15) is 30.0 Å². The predicted molar refractivity (Wildman–Crippen MR) is 143 cm³/mol. The number of Topliss-reactive ketones (excluding diaryl/α,β-unsaturated/α-hetero) is 1. The molecule has 1 aliphatic rings. The van der Waals surface area contributed by atoms with E-state index >= 15 is 0 Å². The Hall–Kier alpha value is -4.13. The molecule has 0 bridgehead atoms. The Labute approximate surface area is 239 Å². The summed E-state index contributed by atoms with van der Waals surface area (Å²) in [4.78, 5) is 29.6. The molecule has 2 aromatic heterocycles. The number of nitrogens with zero attached hydrogens (tertiary/aromatic N) is 3. The number of hydrogen-bond donors (Lipinski definition) is 1. The van der Waals surface area contributed by atoms with Crippen molar-refractivity contribution in [2.75, 3.05) is 0 Å². The smallest absolute Gasteiger partial charge is 0.366 e. The van der Waals surface area contributed by atoms with Gasteiger partial charge in [-0.1, -0.05) is 12.1 Å². The highest BCUT2D eigenvalue weighted by Gasteiger charge is 2.40. The topological polar surface area (TPSA) is 90.9 Å². The van der Waals surface area contributed by atoms with Crippen LogP contribution in [0.1, 0.15) is 50.9 Å². The van der Waals surface area contributed by atoms with Crippen LogP contribution in [0, 0.1) is 17.5 Å². The molecule has 2 aromatic carbocycles. The number of amides is 1. The Morgan fingerprint density at radius 2 is 1.76 bits per heavy atom. The quantitative estimate of drug-likeness (QED) is 0.230. The van der Waals surface area contributed by atoms with Crippen molar-refractivity contribution in [3.05, 3.63) is 106 Å². The lowest BCUT2D eigenvalue weighted by molar-refractivity contribution is -0.142. The van der Waals surface area contributed by atoms with Crippen molar-refractivity contribution in [3.8, 4) is 11.1 Å². The first-order valence-corrected chi connectivity index (χ1v) is 13.8. The normalized spacial score (nSPS) is 13.7. The first-order valence-electron chi connectivity index (χ1n) is 12.7. The third-order valence-electron chi connectivity index (χ3n) is 6.89. The average Bonchev–Trinajstić information content (AvgIpc) is 3.51. The second-order valence-electron chi connectivity index (χ2n) is 9.84. The van der Waals surface area contributed by atoms with Gasteiger partial charge in [0.05, 0.1) is 23.5 Å². The number of rotatable bonds is 9. The molecule has 1 amide bonds. The van der Waals surface area contributed by atoms with E-state index in [1.807, 2.05) is 0 Å². The summed E-state index contributed by atoms with van der Waals surface area (Å²) < 4.78 is 84.0. The summed E-state index contributed by atoms with van der Waals surface area (Å²) in [6, 6.07) is 9.82. The van der Waals surface area contributed by atoms with E-state index in [0.717, 1.165) is 22.9 Å². The van der Waals surface area contributed by atoms with Crippen molar-refractivity contribution in [3.63, 3.8) is 0 Å². The third kappa shape index (κ3) is 6.20. The number of alkyl halides is 3. The molecule has 13 heteroatoms. The zero-order valence-corrected chi connectivity index (χ0v) is 22.5. The molecule has 42 heavy (non-hydrogen) atoms. The minimum atomic E-state index is -4.67. The Morgan fingerprint density at radius 3 is 2.45 bits per heavy atom. The number of thioether (sulfide) groups is 1. The Bertz CT molecular complexity index is 1670. The van der Waals surface area contributed by atoms with Crippen molar-refractivity contribution in [2.24, 2.45) is 5.73 Å². The second kappa shape index (κ2) is 11.6. The van der Waals surface area contributed by atoms with Gasteiger partial charge in [-0.25, -0.2) is 13.2 Å². The second-order valence-corrected chi connectivity index (χ2v) is 10.8.